The van der Waals surface area contributed by atoms with E-state index in [4.69, 9.17) is 0 Å². The summed E-state index contributed by atoms with van der Waals surface area (Å²) in [4.78, 5) is 7.99. The fraction of sp³-hybridized carbons (Fsp3) is 0.0909. The molecule has 0 unspecified atom stereocenters. The zero-order chi connectivity index (χ0) is 10.5. The monoisotopic (exact) mass is 203 g/mol. The van der Waals surface area contributed by atoms with Crippen LogP contribution in [0.3, 0.4) is 0 Å². The third kappa shape index (κ3) is 2.49. The fourth-order valence-electron chi connectivity index (χ4n) is 1.19. The zero-order valence-electron chi connectivity index (χ0n) is 8.02. The fourth-order valence-corrected chi connectivity index (χ4v) is 1.19. The van der Waals surface area contributed by atoms with Crippen LogP contribution < -0.4 is 5.32 Å². The minimum absolute atomic E-state index is 0.253. The van der Waals surface area contributed by atoms with Crippen LogP contribution in [-0.4, -0.2) is 9.97 Å². The molecule has 1 N–H and O–H groups in total. The maximum atomic E-state index is 13.1. The van der Waals surface area contributed by atoms with Gasteiger partial charge in [-0.25, -0.2) is 9.37 Å². The number of aromatic nitrogens is 2. The number of nitrogens with zero attached hydrogens (tertiary/aromatic N) is 2. The summed E-state index contributed by atoms with van der Waals surface area (Å²) < 4.78 is 13.1. The van der Waals surface area contributed by atoms with Gasteiger partial charge in [-0.15, -0.1) is 0 Å². The molecule has 2 aromatic heterocycles. The SMILES string of the molecule is Fc1cccnc1NCc1ccccn1. The molecule has 4 heteroatoms. The van der Waals surface area contributed by atoms with Crippen molar-refractivity contribution in [1.82, 2.24) is 9.97 Å². The number of anilines is 1. The van der Waals surface area contributed by atoms with Crippen molar-refractivity contribution in [1.29, 1.82) is 0 Å². The summed E-state index contributed by atoms with van der Waals surface area (Å²) in [7, 11) is 0. The van der Waals surface area contributed by atoms with Gasteiger partial charge >= 0.3 is 0 Å². The molecular weight excluding hydrogens is 193 g/mol. The highest BCUT2D eigenvalue weighted by atomic mass is 19.1. The summed E-state index contributed by atoms with van der Waals surface area (Å²) in [6.07, 6.45) is 3.25. The second-order valence-corrected chi connectivity index (χ2v) is 3.01. The molecule has 0 saturated heterocycles. The molecule has 0 fully saturated rings. The van der Waals surface area contributed by atoms with Gasteiger partial charge in [0.15, 0.2) is 11.6 Å². The second kappa shape index (κ2) is 4.50. The minimum atomic E-state index is -0.353. The molecule has 0 aliphatic carbocycles. The molecule has 2 rings (SSSR count). The molecule has 2 heterocycles. The summed E-state index contributed by atoms with van der Waals surface area (Å²) in [5.41, 5.74) is 0.850. The van der Waals surface area contributed by atoms with Crippen molar-refractivity contribution in [3.8, 4) is 0 Å². The first kappa shape index (κ1) is 9.58. The maximum Gasteiger partial charge on any atom is 0.165 e. The Morgan fingerprint density at radius 2 is 1.93 bits per heavy atom. The second-order valence-electron chi connectivity index (χ2n) is 3.01. The first-order chi connectivity index (χ1) is 7.36. The van der Waals surface area contributed by atoms with Gasteiger partial charge in [-0.2, -0.15) is 0 Å². The smallest absolute Gasteiger partial charge is 0.165 e. The van der Waals surface area contributed by atoms with Crippen LogP contribution in [-0.2, 0) is 6.54 Å². The summed E-state index contributed by atoms with van der Waals surface area (Å²) in [5, 5.41) is 2.88. The van der Waals surface area contributed by atoms with Crippen LogP contribution in [0.15, 0.2) is 42.7 Å². The van der Waals surface area contributed by atoms with E-state index in [0.29, 0.717) is 6.54 Å². The summed E-state index contributed by atoms with van der Waals surface area (Å²) in [5.74, 6) is -0.100. The van der Waals surface area contributed by atoms with Gasteiger partial charge in [-0.1, -0.05) is 6.07 Å². The lowest BCUT2D eigenvalue weighted by Gasteiger charge is -2.04. The topological polar surface area (TPSA) is 37.8 Å². The molecule has 0 amide bonds. The Morgan fingerprint density at radius 1 is 1.07 bits per heavy atom. The lowest BCUT2D eigenvalue weighted by molar-refractivity contribution is 0.624. The Hall–Kier alpha value is -1.97. The van der Waals surface area contributed by atoms with Crippen LogP contribution in [0.2, 0.25) is 0 Å². The molecular formula is C11H10FN3. The van der Waals surface area contributed by atoms with Gasteiger partial charge in [0, 0.05) is 12.4 Å². The molecule has 0 aliphatic heterocycles. The van der Waals surface area contributed by atoms with Crippen molar-refractivity contribution < 1.29 is 4.39 Å². The molecule has 15 heavy (non-hydrogen) atoms. The number of halogens is 1. The van der Waals surface area contributed by atoms with E-state index in [-0.39, 0.29) is 11.6 Å². The van der Waals surface area contributed by atoms with E-state index in [1.54, 1.807) is 18.5 Å². The van der Waals surface area contributed by atoms with Gasteiger partial charge in [-0.05, 0) is 24.3 Å². The molecule has 3 nitrogen and oxygen atoms in total. The van der Waals surface area contributed by atoms with Gasteiger partial charge in [-0.3, -0.25) is 4.98 Å². The molecule has 0 bridgehead atoms. The highest BCUT2D eigenvalue weighted by molar-refractivity contribution is 5.35. The van der Waals surface area contributed by atoms with Crippen LogP contribution in [0.5, 0.6) is 0 Å². The van der Waals surface area contributed by atoms with E-state index in [1.165, 1.54) is 6.07 Å². The van der Waals surface area contributed by atoms with E-state index >= 15 is 0 Å². The minimum Gasteiger partial charge on any atom is -0.362 e. The highest BCUT2D eigenvalue weighted by Crippen LogP contribution is 2.09. The zero-order valence-corrected chi connectivity index (χ0v) is 8.02. The number of rotatable bonds is 3. The Morgan fingerprint density at radius 3 is 2.67 bits per heavy atom. The lowest BCUT2D eigenvalue weighted by Crippen LogP contribution is -2.04. The molecule has 0 radical (unpaired) electrons. The third-order valence-corrected chi connectivity index (χ3v) is 1.92. The van der Waals surface area contributed by atoms with E-state index < -0.39 is 0 Å². The van der Waals surface area contributed by atoms with E-state index in [1.807, 2.05) is 18.2 Å². The molecule has 0 saturated carbocycles. The molecule has 76 valence electrons. The van der Waals surface area contributed by atoms with Gasteiger partial charge in [0.1, 0.15) is 0 Å². The molecule has 0 aliphatic rings. The van der Waals surface area contributed by atoms with Crippen LogP contribution in [0.25, 0.3) is 0 Å². The van der Waals surface area contributed by atoms with Crippen molar-refractivity contribution in [3.05, 3.63) is 54.2 Å². The van der Waals surface area contributed by atoms with Gasteiger partial charge in [0.05, 0.1) is 12.2 Å². The Balaban J connectivity index is 2.03. The van der Waals surface area contributed by atoms with Crippen molar-refractivity contribution in [3.63, 3.8) is 0 Å². The quantitative estimate of drug-likeness (QED) is 0.831. The summed E-state index contributed by atoms with van der Waals surface area (Å²) in [6, 6.07) is 8.52. The molecule has 2 aromatic rings. The number of hydrogen-bond donors (Lipinski definition) is 1. The predicted molar refractivity (Wildman–Crippen MR) is 55.8 cm³/mol. The Labute approximate surface area is 87.0 Å². The normalized spacial score (nSPS) is 9.93. The van der Waals surface area contributed by atoms with Crippen molar-refractivity contribution >= 4 is 5.82 Å². The van der Waals surface area contributed by atoms with Crippen LogP contribution >= 0.6 is 0 Å². The molecule has 0 aromatic carbocycles. The largest absolute Gasteiger partial charge is 0.362 e. The average Bonchev–Trinajstić information content (AvgIpc) is 2.29. The van der Waals surface area contributed by atoms with Gasteiger partial charge in [0.25, 0.3) is 0 Å². The first-order valence-electron chi connectivity index (χ1n) is 4.60. The number of hydrogen-bond acceptors (Lipinski definition) is 3. The van der Waals surface area contributed by atoms with E-state index in [0.717, 1.165) is 5.69 Å². The average molecular weight is 203 g/mol. The van der Waals surface area contributed by atoms with Crippen LogP contribution in [0.1, 0.15) is 5.69 Å². The first-order valence-corrected chi connectivity index (χ1v) is 4.60. The summed E-state index contributed by atoms with van der Waals surface area (Å²) >= 11 is 0. The summed E-state index contributed by atoms with van der Waals surface area (Å²) in [6.45, 7) is 0.467. The van der Waals surface area contributed by atoms with Crippen molar-refractivity contribution in [2.75, 3.05) is 5.32 Å². The van der Waals surface area contributed by atoms with Gasteiger partial charge < -0.3 is 5.32 Å². The van der Waals surface area contributed by atoms with Crippen molar-refractivity contribution in [2.45, 2.75) is 6.54 Å². The lowest BCUT2D eigenvalue weighted by atomic mass is 10.3. The highest BCUT2D eigenvalue weighted by Gasteiger charge is 2.01. The maximum absolute atomic E-state index is 13.1. The Kier molecular flexibility index (Phi) is 2.88. The van der Waals surface area contributed by atoms with Crippen LogP contribution in [0, 0.1) is 5.82 Å². The third-order valence-electron chi connectivity index (χ3n) is 1.92. The van der Waals surface area contributed by atoms with E-state index in [2.05, 4.69) is 15.3 Å². The Bertz CT molecular complexity index is 431. The predicted octanol–water partition coefficient (Wildman–Crippen LogP) is 2.23. The standard InChI is InChI=1S/C11H10FN3/c12-10-5-3-7-14-11(10)15-8-9-4-1-2-6-13-9/h1-7H,8H2,(H,14,15). The van der Waals surface area contributed by atoms with Crippen LogP contribution in [0.4, 0.5) is 10.2 Å². The van der Waals surface area contributed by atoms with Crippen molar-refractivity contribution in [2.24, 2.45) is 0 Å². The van der Waals surface area contributed by atoms with Gasteiger partial charge in [0.2, 0.25) is 0 Å². The molecule has 0 spiro atoms. The van der Waals surface area contributed by atoms with E-state index in [9.17, 15) is 4.39 Å². The molecule has 0 atom stereocenters. The number of pyridine rings is 2. The number of nitrogens with one attached hydrogen (secondary N) is 1.